The number of benzene rings is 1. The number of amides is 2. The van der Waals surface area contributed by atoms with Crippen LogP contribution in [0, 0.1) is 13.3 Å². The fourth-order valence-corrected chi connectivity index (χ4v) is 1.99. The number of hydrogen-bond donors (Lipinski definition) is 4. The summed E-state index contributed by atoms with van der Waals surface area (Å²) < 4.78 is 4.52. The molecule has 0 fully saturated rings. The van der Waals surface area contributed by atoms with Crippen LogP contribution < -0.4 is 73.3 Å². The first-order valence-corrected chi connectivity index (χ1v) is 7.54. The summed E-state index contributed by atoms with van der Waals surface area (Å²) in [4.78, 5) is 34.2. The van der Waals surface area contributed by atoms with Crippen LogP contribution in [-0.4, -0.2) is 30.4 Å². The van der Waals surface area contributed by atoms with Crippen LogP contribution in [0.4, 0.5) is 5.69 Å². The molecular weight excluding hydrogens is 363 g/mol. The first-order chi connectivity index (χ1) is 11.4. The predicted molar refractivity (Wildman–Crippen MR) is 95.5 cm³/mol. The average molecular weight is 390 g/mol. The van der Waals surface area contributed by atoms with Gasteiger partial charge in [-0.3, -0.25) is 15.4 Å². The van der Waals surface area contributed by atoms with Crippen molar-refractivity contribution in [2.75, 3.05) is 5.32 Å². The molecule has 0 heterocycles. The van der Waals surface area contributed by atoms with Crippen LogP contribution in [0.3, 0.4) is 0 Å². The Kier molecular flexibility index (Phi) is 15.0. The minimum atomic E-state index is -0.722. The molecule has 5 N–H and O–H groups in total. The number of hydrogen-bond acceptors (Lipinski definition) is 6. The van der Waals surface area contributed by atoms with Gasteiger partial charge in [0, 0.05) is 5.69 Å². The molecule has 0 bridgehead atoms. The van der Waals surface area contributed by atoms with Crippen LogP contribution in [0.25, 0.3) is 0 Å². The van der Waals surface area contributed by atoms with E-state index in [4.69, 9.17) is 5.84 Å². The number of hydrazine groups is 1. The second-order valence-corrected chi connectivity index (χ2v) is 5.68. The standard InChI is InChI=1S/C16H23N4O4.CH3.K/c1-10(2)14(20-17)16(23)18-11(3)15(22)19-13-6-4-12(5-7-13)8-24-9-21;;/h4-7,10-11,14,20H,8,17H2,1-3H3,(H,18,23)(H,19,22);1H3;/q2*-1;+1. The molecule has 1 aromatic rings. The summed E-state index contributed by atoms with van der Waals surface area (Å²) in [5.74, 6) is 4.65. The Morgan fingerprint density at radius 3 is 2.19 bits per heavy atom. The van der Waals surface area contributed by atoms with Crippen molar-refractivity contribution < 1.29 is 70.5 Å². The molecule has 8 nitrogen and oxygen atoms in total. The third kappa shape index (κ3) is 9.22. The molecule has 0 spiro atoms. The Hall–Kier alpha value is -0.814. The SMILES string of the molecule is CC(NC(=O)C(NN)C(C)C)C(=O)Nc1ccc(CO[C-]=O)cc1.[CH3-].[K+]. The van der Waals surface area contributed by atoms with Crippen molar-refractivity contribution in [1.29, 1.82) is 0 Å². The summed E-state index contributed by atoms with van der Waals surface area (Å²) in [5.41, 5.74) is 3.77. The van der Waals surface area contributed by atoms with E-state index in [2.05, 4.69) is 20.8 Å². The normalized spacial score (nSPS) is 12.0. The van der Waals surface area contributed by atoms with E-state index in [9.17, 15) is 14.4 Å². The van der Waals surface area contributed by atoms with Crippen molar-refractivity contribution >= 4 is 24.0 Å². The predicted octanol–water partition coefficient (Wildman–Crippen LogP) is -2.34. The molecule has 0 aromatic heterocycles. The number of nitrogens with one attached hydrogen (secondary N) is 3. The summed E-state index contributed by atoms with van der Waals surface area (Å²) in [6, 6.07) is 5.48. The second kappa shape index (κ2) is 14.3. The van der Waals surface area contributed by atoms with Crippen LogP contribution in [0.1, 0.15) is 26.3 Å². The molecule has 2 atom stereocenters. The zero-order chi connectivity index (χ0) is 18.1. The molecule has 0 radical (unpaired) electrons. The molecule has 0 aliphatic rings. The second-order valence-electron chi connectivity index (χ2n) is 5.68. The Labute approximate surface area is 197 Å². The van der Waals surface area contributed by atoms with Gasteiger partial charge < -0.3 is 27.6 Å². The fourth-order valence-electron chi connectivity index (χ4n) is 1.99. The Morgan fingerprint density at radius 1 is 1.15 bits per heavy atom. The third-order valence-corrected chi connectivity index (χ3v) is 3.40. The number of carbonyl (C=O) groups excluding carboxylic acids is 3. The minimum absolute atomic E-state index is 0. The number of anilines is 1. The Morgan fingerprint density at radius 2 is 1.73 bits per heavy atom. The van der Waals surface area contributed by atoms with Gasteiger partial charge in [-0.15, -0.1) is 0 Å². The monoisotopic (exact) mass is 389 g/mol. The van der Waals surface area contributed by atoms with Crippen LogP contribution in [-0.2, 0) is 25.7 Å². The largest absolute Gasteiger partial charge is 1.00 e. The maximum absolute atomic E-state index is 12.1. The molecule has 0 saturated heterocycles. The Bertz CT molecular complexity index is 566. The van der Waals surface area contributed by atoms with Crippen LogP contribution >= 0.6 is 0 Å². The quantitative estimate of drug-likeness (QED) is 0.162. The van der Waals surface area contributed by atoms with Crippen LogP contribution in [0.15, 0.2) is 24.3 Å². The molecule has 0 aliphatic heterocycles. The smallest absolute Gasteiger partial charge is 0.650 e. The molecule has 1 rings (SSSR count). The topological polar surface area (TPSA) is 123 Å². The molecule has 9 heteroatoms. The summed E-state index contributed by atoms with van der Waals surface area (Å²) in [6.45, 7) is 6.75. The van der Waals surface area contributed by atoms with Crippen molar-refractivity contribution in [3.05, 3.63) is 37.3 Å². The van der Waals surface area contributed by atoms with Gasteiger partial charge in [-0.25, -0.2) is 5.43 Å². The molecule has 0 saturated carbocycles. The number of ether oxygens (including phenoxy) is 1. The molecule has 140 valence electrons. The molecule has 1 aromatic carbocycles. The molecule has 0 aliphatic carbocycles. The first kappa shape index (κ1) is 27.4. The van der Waals surface area contributed by atoms with Crippen molar-refractivity contribution in [1.82, 2.24) is 10.7 Å². The number of nitrogens with two attached hydrogens (primary N) is 1. The van der Waals surface area contributed by atoms with E-state index in [1.165, 1.54) is 6.47 Å². The van der Waals surface area contributed by atoms with Crippen molar-refractivity contribution in [2.45, 2.75) is 39.5 Å². The van der Waals surface area contributed by atoms with E-state index in [0.29, 0.717) is 5.69 Å². The first-order valence-electron chi connectivity index (χ1n) is 7.54. The summed E-state index contributed by atoms with van der Waals surface area (Å²) in [7, 11) is 0. The third-order valence-electron chi connectivity index (χ3n) is 3.40. The molecule has 2 unspecified atom stereocenters. The van der Waals surface area contributed by atoms with Crippen molar-refractivity contribution in [2.24, 2.45) is 11.8 Å². The van der Waals surface area contributed by atoms with Crippen LogP contribution in [0.2, 0.25) is 0 Å². The summed E-state index contributed by atoms with van der Waals surface area (Å²) in [6.07, 6.45) is 0. The van der Waals surface area contributed by atoms with Gasteiger partial charge in [-0.05, 0) is 30.5 Å². The van der Waals surface area contributed by atoms with Crippen molar-refractivity contribution in [3.8, 4) is 0 Å². The van der Waals surface area contributed by atoms with Gasteiger partial charge in [-0.1, -0.05) is 32.5 Å². The maximum atomic E-state index is 12.1. The van der Waals surface area contributed by atoms with Gasteiger partial charge in [0.1, 0.15) is 12.1 Å². The van der Waals surface area contributed by atoms with Crippen molar-refractivity contribution in [3.63, 3.8) is 0 Å². The van der Waals surface area contributed by atoms with Crippen LogP contribution in [0.5, 0.6) is 0 Å². The van der Waals surface area contributed by atoms with Gasteiger partial charge in [0.25, 0.3) is 0 Å². The van der Waals surface area contributed by atoms with E-state index in [0.717, 1.165) is 5.56 Å². The van der Waals surface area contributed by atoms with E-state index >= 15 is 0 Å². The molecule has 26 heavy (non-hydrogen) atoms. The summed E-state index contributed by atoms with van der Waals surface area (Å²) in [5, 5.41) is 5.31. The minimum Gasteiger partial charge on any atom is -0.650 e. The van der Waals surface area contributed by atoms with Gasteiger partial charge in [0.15, 0.2) is 0 Å². The summed E-state index contributed by atoms with van der Waals surface area (Å²) >= 11 is 0. The van der Waals surface area contributed by atoms with E-state index in [-0.39, 0.29) is 83.2 Å². The molecular formula is C17H26KN4O4-. The Balaban J connectivity index is 0. The van der Waals surface area contributed by atoms with Gasteiger partial charge in [0.05, 0.1) is 6.61 Å². The maximum Gasteiger partial charge on any atom is 1.00 e. The fraction of sp³-hybridized carbons (Fsp3) is 0.412. The molecule has 2 amide bonds. The van der Waals surface area contributed by atoms with Gasteiger partial charge in [0.2, 0.25) is 11.8 Å². The average Bonchev–Trinajstić information content (AvgIpc) is 2.54. The van der Waals surface area contributed by atoms with E-state index < -0.39 is 12.1 Å². The number of carbonyl (C=O) groups is 2. The van der Waals surface area contributed by atoms with E-state index in [1.54, 1.807) is 31.2 Å². The zero-order valence-corrected chi connectivity index (χ0v) is 19.1. The van der Waals surface area contributed by atoms with Gasteiger partial charge >= 0.3 is 51.4 Å². The van der Waals surface area contributed by atoms with Gasteiger partial charge in [-0.2, -0.15) is 0 Å². The van der Waals surface area contributed by atoms with E-state index in [1.807, 2.05) is 13.8 Å². The zero-order valence-electron chi connectivity index (χ0n) is 16.0. The number of rotatable bonds is 9.